The van der Waals surface area contributed by atoms with E-state index in [1.54, 1.807) is 24.3 Å². The van der Waals surface area contributed by atoms with Crippen LogP contribution in [0.5, 0.6) is 5.75 Å². The highest BCUT2D eigenvalue weighted by molar-refractivity contribution is 5.69. The Hall–Kier alpha value is -1.84. The minimum atomic E-state index is -1.69. The van der Waals surface area contributed by atoms with Crippen LogP contribution >= 0.6 is 0 Å². The number of esters is 1. The Kier molecular flexibility index (Phi) is 7.79. The van der Waals surface area contributed by atoms with Crippen LogP contribution in [0.3, 0.4) is 0 Å². The summed E-state index contributed by atoms with van der Waals surface area (Å²) in [4.78, 5) is 22.1. The third-order valence-corrected chi connectivity index (χ3v) is 3.20. The number of benzene rings is 1. The molecule has 23 heavy (non-hydrogen) atoms. The lowest BCUT2D eigenvalue weighted by Crippen LogP contribution is -2.51. The summed E-state index contributed by atoms with van der Waals surface area (Å²) in [6, 6.07) is 5.44. The average molecular weight is 327 g/mol. The lowest BCUT2D eigenvalue weighted by Gasteiger charge is -2.26. The van der Waals surface area contributed by atoms with Crippen LogP contribution in [0.2, 0.25) is 0 Å². The van der Waals surface area contributed by atoms with Crippen molar-refractivity contribution in [3.05, 3.63) is 29.8 Å². The van der Waals surface area contributed by atoms with E-state index in [1.165, 1.54) is 6.92 Å². The molecule has 0 spiro atoms. The monoisotopic (exact) mass is 327 g/mol. The average Bonchev–Trinajstić information content (AvgIpc) is 2.54. The molecule has 0 saturated heterocycles. The van der Waals surface area contributed by atoms with Crippen LogP contribution in [0.4, 0.5) is 0 Å². The molecule has 0 unspecified atom stereocenters. The lowest BCUT2D eigenvalue weighted by molar-refractivity contribution is -0.132. The van der Waals surface area contributed by atoms with Gasteiger partial charge in [0.05, 0.1) is 12.6 Å². The van der Waals surface area contributed by atoms with Gasteiger partial charge in [-0.25, -0.2) is 0 Å². The number of para-hydroxylation sites is 1. The van der Waals surface area contributed by atoms with Crippen molar-refractivity contribution in [2.75, 3.05) is 6.61 Å². The van der Waals surface area contributed by atoms with Gasteiger partial charge in [0.1, 0.15) is 30.3 Å². The van der Waals surface area contributed by atoms with Gasteiger partial charge < -0.3 is 35.3 Å². The minimum Gasteiger partial charge on any atom is -0.426 e. The van der Waals surface area contributed by atoms with E-state index in [0.29, 0.717) is 17.6 Å². The predicted octanol–water partition coefficient (Wildman–Crippen LogP) is -1.66. The molecule has 0 aliphatic carbocycles. The van der Waals surface area contributed by atoms with Gasteiger partial charge in [0.25, 0.3) is 0 Å². The molecule has 4 atom stereocenters. The summed E-state index contributed by atoms with van der Waals surface area (Å²) in [6.45, 7) is 0.583. The molecule has 5 N–H and O–H groups in total. The molecule has 0 bridgehead atoms. The summed E-state index contributed by atoms with van der Waals surface area (Å²) in [6.07, 6.45) is -4.49. The first-order valence-electron chi connectivity index (χ1n) is 7.00. The van der Waals surface area contributed by atoms with Gasteiger partial charge in [-0.15, -0.1) is 0 Å². The van der Waals surface area contributed by atoms with Crippen molar-refractivity contribution in [1.82, 2.24) is 5.32 Å². The van der Waals surface area contributed by atoms with Crippen molar-refractivity contribution < 1.29 is 34.8 Å². The topological polar surface area (TPSA) is 136 Å². The first-order valence-corrected chi connectivity index (χ1v) is 7.00. The number of hydrogen-bond donors (Lipinski definition) is 5. The Bertz CT molecular complexity index is 522. The number of ether oxygens (including phenoxy) is 1. The third-order valence-electron chi connectivity index (χ3n) is 3.20. The zero-order valence-electron chi connectivity index (χ0n) is 12.6. The van der Waals surface area contributed by atoms with Gasteiger partial charge >= 0.3 is 5.97 Å². The van der Waals surface area contributed by atoms with Crippen LogP contribution in [-0.2, 0) is 16.1 Å². The summed E-state index contributed by atoms with van der Waals surface area (Å²) < 4.78 is 5.02. The highest BCUT2D eigenvalue weighted by atomic mass is 16.5. The molecular formula is C15H21NO7. The van der Waals surface area contributed by atoms with Gasteiger partial charge in [0.2, 0.25) is 0 Å². The van der Waals surface area contributed by atoms with Crippen LogP contribution < -0.4 is 10.1 Å². The number of rotatable bonds is 9. The third kappa shape index (κ3) is 5.70. The fraction of sp³-hybridized carbons (Fsp3) is 0.467. The molecule has 1 aromatic carbocycles. The maximum atomic E-state index is 11.1. The maximum absolute atomic E-state index is 11.1. The van der Waals surface area contributed by atoms with Crippen molar-refractivity contribution in [2.24, 2.45) is 0 Å². The van der Waals surface area contributed by atoms with E-state index in [9.17, 15) is 24.9 Å². The van der Waals surface area contributed by atoms with Crippen molar-refractivity contribution in [3.8, 4) is 5.75 Å². The Morgan fingerprint density at radius 3 is 2.48 bits per heavy atom. The van der Waals surface area contributed by atoms with E-state index < -0.39 is 36.9 Å². The lowest BCUT2D eigenvalue weighted by atomic mass is 10.0. The van der Waals surface area contributed by atoms with E-state index in [4.69, 9.17) is 9.84 Å². The number of aldehydes is 1. The summed E-state index contributed by atoms with van der Waals surface area (Å²) in [5.74, 6) is -0.187. The smallest absolute Gasteiger partial charge is 0.308 e. The second kappa shape index (κ2) is 9.33. The predicted molar refractivity (Wildman–Crippen MR) is 79.5 cm³/mol. The summed E-state index contributed by atoms with van der Waals surface area (Å²) in [5.41, 5.74) is 0.568. The van der Waals surface area contributed by atoms with Gasteiger partial charge in [-0.1, -0.05) is 18.2 Å². The zero-order chi connectivity index (χ0) is 17.4. The molecule has 8 nitrogen and oxygen atoms in total. The number of hydrogen-bond acceptors (Lipinski definition) is 8. The number of nitrogens with one attached hydrogen (secondary N) is 1. The molecule has 0 amide bonds. The van der Waals surface area contributed by atoms with Crippen LogP contribution in [-0.4, -0.2) is 63.6 Å². The minimum absolute atomic E-state index is 0.0753. The van der Waals surface area contributed by atoms with E-state index in [1.807, 2.05) is 0 Å². The van der Waals surface area contributed by atoms with E-state index in [2.05, 4.69) is 5.32 Å². The second-order valence-corrected chi connectivity index (χ2v) is 4.98. The van der Waals surface area contributed by atoms with Crippen molar-refractivity contribution in [3.63, 3.8) is 0 Å². The molecule has 0 aliphatic heterocycles. The highest BCUT2D eigenvalue weighted by Crippen LogP contribution is 2.18. The Morgan fingerprint density at radius 2 is 1.91 bits per heavy atom. The maximum Gasteiger partial charge on any atom is 0.308 e. The Morgan fingerprint density at radius 1 is 1.26 bits per heavy atom. The number of aliphatic hydroxyl groups excluding tert-OH is 4. The van der Waals surface area contributed by atoms with Crippen LogP contribution in [0.1, 0.15) is 12.5 Å². The Labute approximate surface area is 133 Å². The van der Waals surface area contributed by atoms with Gasteiger partial charge in [0, 0.05) is 19.0 Å². The van der Waals surface area contributed by atoms with E-state index in [-0.39, 0.29) is 6.54 Å². The highest BCUT2D eigenvalue weighted by Gasteiger charge is 2.30. The van der Waals surface area contributed by atoms with Gasteiger partial charge in [-0.2, -0.15) is 0 Å². The van der Waals surface area contributed by atoms with Gasteiger partial charge in [0.15, 0.2) is 0 Å². The van der Waals surface area contributed by atoms with Crippen molar-refractivity contribution >= 4 is 12.3 Å². The Balaban J connectivity index is 2.75. The zero-order valence-corrected chi connectivity index (χ0v) is 12.6. The standard InChI is InChI=1S/C15H21NO7/c1-9(19)23-13-5-3-2-4-10(13)6-16-11(7-17)14(21)15(22)12(20)8-18/h2-5,7,11-12,14-16,18,20-22H,6,8H2,1H3/t11-,12+,14+,15+/m0/s1. The van der Waals surface area contributed by atoms with Crippen molar-refractivity contribution in [1.29, 1.82) is 0 Å². The number of aliphatic hydroxyl groups is 4. The normalized spacial score (nSPS) is 16.2. The quantitative estimate of drug-likeness (QED) is 0.207. The van der Waals surface area contributed by atoms with Crippen LogP contribution in [0.15, 0.2) is 24.3 Å². The van der Waals surface area contributed by atoms with Crippen molar-refractivity contribution in [2.45, 2.75) is 37.8 Å². The fourth-order valence-corrected chi connectivity index (χ4v) is 1.93. The molecular weight excluding hydrogens is 306 g/mol. The molecule has 1 aromatic rings. The van der Waals surface area contributed by atoms with E-state index >= 15 is 0 Å². The van der Waals surface area contributed by atoms with Crippen LogP contribution in [0.25, 0.3) is 0 Å². The number of carbonyl (C=O) groups is 2. The van der Waals surface area contributed by atoms with E-state index in [0.717, 1.165) is 0 Å². The molecule has 0 heterocycles. The summed E-state index contributed by atoms with van der Waals surface area (Å²) in [5, 5.41) is 40.3. The SMILES string of the molecule is CC(=O)Oc1ccccc1CN[C@@H](C=O)[C@@H](O)[C@H](O)[C@H](O)CO. The fourth-order valence-electron chi connectivity index (χ4n) is 1.93. The molecule has 0 aliphatic rings. The first kappa shape index (κ1) is 19.2. The molecule has 1 rings (SSSR count). The first-order chi connectivity index (χ1) is 10.9. The molecule has 128 valence electrons. The molecule has 0 fully saturated rings. The summed E-state index contributed by atoms with van der Waals surface area (Å²) >= 11 is 0. The molecule has 8 heteroatoms. The molecule has 0 saturated carbocycles. The van der Waals surface area contributed by atoms with Gasteiger partial charge in [-0.05, 0) is 6.07 Å². The van der Waals surface area contributed by atoms with Gasteiger partial charge in [-0.3, -0.25) is 4.79 Å². The second-order valence-electron chi connectivity index (χ2n) is 4.98. The van der Waals surface area contributed by atoms with Crippen LogP contribution in [0, 0.1) is 0 Å². The molecule has 0 radical (unpaired) electrons. The number of carbonyl (C=O) groups excluding carboxylic acids is 2. The molecule has 0 aromatic heterocycles. The summed E-state index contributed by atoms with van der Waals surface area (Å²) in [7, 11) is 0. The largest absolute Gasteiger partial charge is 0.426 e.